The van der Waals surface area contributed by atoms with E-state index in [0.717, 1.165) is 31.8 Å². The van der Waals surface area contributed by atoms with Crippen LogP contribution in [0.4, 0.5) is 4.79 Å². The molecule has 1 aliphatic carbocycles. The highest BCUT2D eigenvalue weighted by molar-refractivity contribution is 5.69. The molecule has 0 aromatic carbocycles. The highest BCUT2D eigenvalue weighted by Gasteiger charge is 2.33. The predicted octanol–water partition coefficient (Wildman–Crippen LogP) is 3.55. The van der Waals surface area contributed by atoms with Gasteiger partial charge in [-0.25, -0.2) is 4.79 Å². The van der Waals surface area contributed by atoms with Crippen LogP contribution in [0, 0.1) is 5.92 Å². The molecular formula is C17H32N2O2. The van der Waals surface area contributed by atoms with Crippen molar-refractivity contribution in [3.63, 3.8) is 0 Å². The van der Waals surface area contributed by atoms with Gasteiger partial charge in [-0.3, -0.25) is 0 Å². The Labute approximate surface area is 129 Å². The minimum absolute atomic E-state index is 0.148. The zero-order valence-corrected chi connectivity index (χ0v) is 14.2. The average molecular weight is 296 g/mol. The van der Waals surface area contributed by atoms with Gasteiger partial charge in [-0.05, 0) is 58.8 Å². The quantitative estimate of drug-likeness (QED) is 0.862. The third kappa shape index (κ3) is 4.87. The molecule has 4 nitrogen and oxygen atoms in total. The Kier molecular flexibility index (Phi) is 5.53. The zero-order valence-electron chi connectivity index (χ0n) is 14.2. The molecule has 122 valence electrons. The predicted molar refractivity (Wildman–Crippen MR) is 85.4 cm³/mol. The van der Waals surface area contributed by atoms with Crippen LogP contribution >= 0.6 is 0 Å². The van der Waals surface area contributed by atoms with Crippen molar-refractivity contribution >= 4 is 6.09 Å². The van der Waals surface area contributed by atoms with E-state index in [1.807, 2.05) is 25.7 Å². The molecule has 4 heteroatoms. The summed E-state index contributed by atoms with van der Waals surface area (Å²) in [6, 6.07) is 0.955. The molecule has 1 N–H and O–H groups in total. The van der Waals surface area contributed by atoms with Crippen molar-refractivity contribution in [2.75, 3.05) is 13.1 Å². The van der Waals surface area contributed by atoms with E-state index in [2.05, 4.69) is 12.2 Å². The molecular weight excluding hydrogens is 264 g/mol. The van der Waals surface area contributed by atoms with Crippen molar-refractivity contribution in [2.24, 2.45) is 5.92 Å². The van der Waals surface area contributed by atoms with E-state index >= 15 is 0 Å². The summed E-state index contributed by atoms with van der Waals surface area (Å²) in [7, 11) is 0. The molecule has 1 saturated heterocycles. The van der Waals surface area contributed by atoms with E-state index in [0.29, 0.717) is 12.1 Å². The molecule has 0 spiro atoms. The Morgan fingerprint density at radius 2 is 2.05 bits per heavy atom. The summed E-state index contributed by atoms with van der Waals surface area (Å²) in [5.74, 6) is 0.896. The van der Waals surface area contributed by atoms with Gasteiger partial charge in [-0.1, -0.05) is 13.3 Å². The number of nitrogens with zero attached hydrogens (tertiary/aromatic N) is 1. The lowest BCUT2D eigenvalue weighted by atomic mass is 10.1. The molecule has 2 fully saturated rings. The van der Waals surface area contributed by atoms with Gasteiger partial charge >= 0.3 is 6.09 Å². The topological polar surface area (TPSA) is 41.6 Å². The maximum Gasteiger partial charge on any atom is 0.410 e. The summed E-state index contributed by atoms with van der Waals surface area (Å²) in [6.07, 6.45) is 7.28. The van der Waals surface area contributed by atoms with E-state index < -0.39 is 5.60 Å². The van der Waals surface area contributed by atoms with E-state index in [9.17, 15) is 4.79 Å². The fourth-order valence-corrected chi connectivity index (χ4v) is 3.54. The SMILES string of the molecule is CCC1CCC(NCC2CCCN2C(=O)OC(C)(C)C)C1. The second-order valence-electron chi connectivity index (χ2n) is 7.66. The first kappa shape index (κ1) is 16.6. The van der Waals surface area contributed by atoms with E-state index in [-0.39, 0.29) is 6.09 Å². The van der Waals surface area contributed by atoms with Gasteiger partial charge in [0, 0.05) is 25.2 Å². The van der Waals surface area contributed by atoms with Crippen LogP contribution in [0.3, 0.4) is 0 Å². The molecule has 2 aliphatic rings. The van der Waals surface area contributed by atoms with Crippen LogP contribution in [-0.4, -0.2) is 41.8 Å². The molecule has 0 aromatic rings. The molecule has 2 rings (SSSR count). The molecule has 21 heavy (non-hydrogen) atoms. The van der Waals surface area contributed by atoms with Crippen molar-refractivity contribution in [1.82, 2.24) is 10.2 Å². The Hall–Kier alpha value is -0.770. The van der Waals surface area contributed by atoms with E-state index in [4.69, 9.17) is 4.74 Å². The Morgan fingerprint density at radius 1 is 1.29 bits per heavy atom. The summed E-state index contributed by atoms with van der Waals surface area (Å²) < 4.78 is 5.52. The summed E-state index contributed by atoms with van der Waals surface area (Å²) in [5.41, 5.74) is -0.405. The molecule has 3 unspecified atom stereocenters. The second kappa shape index (κ2) is 6.99. The molecule has 0 bridgehead atoms. The van der Waals surface area contributed by atoms with Gasteiger partial charge in [-0.2, -0.15) is 0 Å². The van der Waals surface area contributed by atoms with Crippen molar-refractivity contribution in [3.05, 3.63) is 0 Å². The van der Waals surface area contributed by atoms with Crippen LogP contribution in [0.25, 0.3) is 0 Å². The van der Waals surface area contributed by atoms with Crippen LogP contribution in [0.1, 0.15) is 66.2 Å². The molecule has 1 amide bonds. The van der Waals surface area contributed by atoms with Gasteiger partial charge in [0.05, 0.1) is 0 Å². The van der Waals surface area contributed by atoms with E-state index in [1.54, 1.807) is 0 Å². The molecule has 1 aliphatic heterocycles. The highest BCUT2D eigenvalue weighted by Crippen LogP contribution is 2.28. The van der Waals surface area contributed by atoms with Crippen LogP contribution in [-0.2, 0) is 4.74 Å². The highest BCUT2D eigenvalue weighted by atomic mass is 16.6. The zero-order chi connectivity index (χ0) is 15.5. The first-order valence-electron chi connectivity index (χ1n) is 8.62. The van der Waals surface area contributed by atoms with Gasteiger partial charge in [0.1, 0.15) is 5.60 Å². The monoisotopic (exact) mass is 296 g/mol. The number of hydrogen-bond acceptors (Lipinski definition) is 3. The number of rotatable bonds is 4. The van der Waals surface area contributed by atoms with E-state index in [1.165, 1.54) is 25.7 Å². The molecule has 0 aromatic heterocycles. The second-order valence-corrected chi connectivity index (χ2v) is 7.66. The number of carbonyl (C=O) groups excluding carboxylic acids is 1. The molecule has 3 atom stereocenters. The lowest BCUT2D eigenvalue weighted by Crippen LogP contribution is -2.45. The smallest absolute Gasteiger partial charge is 0.410 e. The summed E-state index contributed by atoms with van der Waals surface area (Å²) in [6.45, 7) is 9.82. The lowest BCUT2D eigenvalue weighted by Gasteiger charge is -2.29. The summed E-state index contributed by atoms with van der Waals surface area (Å²) in [4.78, 5) is 14.2. The van der Waals surface area contributed by atoms with Gasteiger partial charge in [0.25, 0.3) is 0 Å². The van der Waals surface area contributed by atoms with Crippen molar-refractivity contribution in [1.29, 1.82) is 0 Å². The normalized spacial score (nSPS) is 29.9. The number of likely N-dealkylation sites (tertiary alicyclic amines) is 1. The Bertz CT molecular complexity index is 351. The number of carbonyl (C=O) groups is 1. The Morgan fingerprint density at radius 3 is 2.67 bits per heavy atom. The number of nitrogens with one attached hydrogen (secondary N) is 1. The van der Waals surface area contributed by atoms with Crippen LogP contribution in [0.5, 0.6) is 0 Å². The standard InChI is InChI=1S/C17H32N2O2/c1-5-13-8-9-14(11-13)18-12-15-7-6-10-19(15)16(20)21-17(2,3)4/h13-15,18H,5-12H2,1-4H3. The third-order valence-electron chi connectivity index (χ3n) is 4.77. The largest absolute Gasteiger partial charge is 0.444 e. The number of ether oxygens (including phenoxy) is 1. The third-order valence-corrected chi connectivity index (χ3v) is 4.77. The van der Waals surface area contributed by atoms with Crippen molar-refractivity contribution in [2.45, 2.75) is 83.9 Å². The summed E-state index contributed by atoms with van der Waals surface area (Å²) >= 11 is 0. The van der Waals surface area contributed by atoms with Gasteiger partial charge in [0.2, 0.25) is 0 Å². The molecule has 0 radical (unpaired) electrons. The van der Waals surface area contributed by atoms with Crippen LogP contribution < -0.4 is 5.32 Å². The van der Waals surface area contributed by atoms with Crippen molar-refractivity contribution < 1.29 is 9.53 Å². The van der Waals surface area contributed by atoms with Gasteiger partial charge in [-0.15, -0.1) is 0 Å². The van der Waals surface area contributed by atoms with Crippen LogP contribution in [0.15, 0.2) is 0 Å². The van der Waals surface area contributed by atoms with Gasteiger partial charge in [0.15, 0.2) is 0 Å². The minimum atomic E-state index is -0.405. The average Bonchev–Trinajstić information content (AvgIpc) is 3.03. The molecule has 1 saturated carbocycles. The fraction of sp³-hybridized carbons (Fsp3) is 0.941. The van der Waals surface area contributed by atoms with Crippen molar-refractivity contribution in [3.8, 4) is 0 Å². The van der Waals surface area contributed by atoms with Crippen LogP contribution in [0.2, 0.25) is 0 Å². The minimum Gasteiger partial charge on any atom is -0.444 e. The number of amides is 1. The number of hydrogen-bond donors (Lipinski definition) is 1. The first-order chi connectivity index (χ1) is 9.89. The summed E-state index contributed by atoms with van der Waals surface area (Å²) in [5, 5.41) is 3.69. The molecule has 1 heterocycles. The maximum absolute atomic E-state index is 12.2. The Balaban J connectivity index is 1.78. The van der Waals surface area contributed by atoms with Gasteiger partial charge < -0.3 is 15.0 Å². The maximum atomic E-state index is 12.2. The lowest BCUT2D eigenvalue weighted by molar-refractivity contribution is 0.0225. The first-order valence-corrected chi connectivity index (χ1v) is 8.62. The fourth-order valence-electron chi connectivity index (χ4n) is 3.54.